The number of rotatable bonds is 3. The van der Waals surface area contributed by atoms with E-state index < -0.39 is 0 Å². The number of benzene rings is 2. The summed E-state index contributed by atoms with van der Waals surface area (Å²) in [7, 11) is 0. The van der Waals surface area contributed by atoms with Crippen LogP contribution in [0, 0.1) is 5.82 Å². The molecule has 1 aliphatic rings. The monoisotopic (exact) mass is 369 g/mol. The minimum atomic E-state index is -0.364. The molecule has 0 aromatic heterocycles. The van der Waals surface area contributed by atoms with Gasteiger partial charge in [-0.2, -0.15) is 0 Å². The average molecular weight is 371 g/mol. The van der Waals surface area contributed by atoms with Crippen LogP contribution in [-0.2, 0) is 11.2 Å². The Hall–Kier alpha value is -1.10. The van der Waals surface area contributed by atoms with Crippen LogP contribution in [0.3, 0.4) is 0 Å². The Bertz CT molecular complexity index is 641. The maximum Gasteiger partial charge on any atom is 0.125 e. The molecular formula is C16H14BrClFNO. The number of ether oxygens (including phenoxy) is 1. The Morgan fingerprint density at radius 3 is 2.95 bits per heavy atom. The summed E-state index contributed by atoms with van der Waals surface area (Å²) in [5, 5.41) is 3.60. The second-order valence-corrected chi connectivity index (χ2v) is 6.20. The third-order valence-electron chi connectivity index (χ3n) is 3.56. The highest BCUT2D eigenvalue weighted by molar-refractivity contribution is 9.10. The maximum absolute atomic E-state index is 13.2. The van der Waals surface area contributed by atoms with Crippen LogP contribution in [0.25, 0.3) is 0 Å². The van der Waals surface area contributed by atoms with Gasteiger partial charge in [0.1, 0.15) is 5.82 Å². The molecular weight excluding hydrogens is 357 g/mol. The maximum atomic E-state index is 13.2. The number of anilines is 1. The van der Waals surface area contributed by atoms with Gasteiger partial charge in [0.05, 0.1) is 23.4 Å². The highest BCUT2D eigenvalue weighted by Crippen LogP contribution is 2.33. The SMILES string of the molecule is Fc1cc(Cl)c(NCC2OCCc3ccccc32)c(Br)c1. The molecule has 0 saturated heterocycles. The third-order valence-corrected chi connectivity index (χ3v) is 4.49. The Kier molecular flexibility index (Phi) is 4.48. The second-order valence-electron chi connectivity index (χ2n) is 4.93. The standard InChI is InChI=1S/C16H14BrClFNO/c17-13-7-11(19)8-14(18)16(13)20-9-15-12-4-2-1-3-10(12)5-6-21-15/h1-4,7-8,15,20H,5-6,9H2. The fourth-order valence-electron chi connectivity index (χ4n) is 2.55. The summed E-state index contributed by atoms with van der Waals surface area (Å²) >= 11 is 9.41. The van der Waals surface area contributed by atoms with Crippen molar-refractivity contribution in [2.45, 2.75) is 12.5 Å². The zero-order valence-corrected chi connectivity index (χ0v) is 13.5. The molecule has 1 aliphatic heterocycles. The Morgan fingerprint density at radius 2 is 2.14 bits per heavy atom. The van der Waals surface area contributed by atoms with Crippen LogP contribution in [-0.4, -0.2) is 13.2 Å². The molecule has 1 atom stereocenters. The normalized spacial score (nSPS) is 17.4. The average Bonchev–Trinajstić information content (AvgIpc) is 2.46. The van der Waals surface area contributed by atoms with Crippen LogP contribution in [0.5, 0.6) is 0 Å². The van der Waals surface area contributed by atoms with E-state index in [9.17, 15) is 4.39 Å². The topological polar surface area (TPSA) is 21.3 Å². The van der Waals surface area contributed by atoms with Gasteiger partial charge < -0.3 is 10.1 Å². The number of halogens is 3. The molecule has 0 aliphatic carbocycles. The van der Waals surface area contributed by atoms with Gasteiger partial charge in [-0.1, -0.05) is 35.9 Å². The molecule has 5 heteroatoms. The van der Waals surface area contributed by atoms with Crippen LogP contribution < -0.4 is 5.32 Å². The number of hydrogen-bond donors (Lipinski definition) is 1. The van der Waals surface area contributed by atoms with Crippen molar-refractivity contribution < 1.29 is 9.13 Å². The molecule has 1 unspecified atom stereocenters. The van der Waals surface area contributed by atoms with Crippen LogP contribution in [0.1, 0.15) is 17.2 Å². The van der Waals surface area contributed by atoms with Crippen LogP contribution in [0.4, 0.5) is 10.1 Å². The van der Waals surface area contributed by atoms with Gasteiger partial charge in [-0.15, -0.1) is 0 Å². The van der Waals surface area contributed by atoms with Crippen LogP contribution in [0.2, 0.25) is 5.02 Å². The fourth-order valence-corrected chi connectivity index (χ4v) is 3.51. The van der Waals surface area contributed by atoms with Gasteiger partial charge in [0.2, 0.25) is 0 Å². The first-order chi connectivity index (χ1) is 10.1. The van der Waals surface area contributed by atoms with E-state index in [2.05, 4.69) is 33.4 Å². The third kappa shape index (κ3) is 3.23. The molecule has 2 aromatic rings. The Morgan fingerprint density at radius 1 is 1.33 bits per heavy atom. The van der Waals surface area contributed by atoms with Crippen molar-refractivity contribution in [3.63, 3.8) is 0 Å². The van der Waals surface area contributed by atoms with Gasteiger partial charge in [-0.3, -0.25) is 0 Å². The van der Waals surface area contributed by atoms with E-state index in [1.165, 1.54) is 23.3 Å². The van der Waals surface area contributed by atoms with Gasteiger partial charge in [0, 0.05) is 11.0 Å². The summed E-state index contributed by atoms with van der Waals surface area (Å²) in [5.74, 6) is -0.364. The lowest BCUT2D eigenvalue weighted by Crippen LogP contribution is -2.22. The van der Waals surface area contributed by atoms with Crippen molar-refractivity contribution in [1.29, 1.82) is 0 Å². The smallest absolute Gasteiger partial charge is 0.125 e. The fraction of sp³-hybridized carbons (Fsp3) is 0.250. The van der Waals surface area contributed by atoms with E-state index in [1.807, 2.05) is 12.1 Å². The van der Waals surface area contributed by atoms with Crippen molar-refractivity contribution in [3.05, 3.63) is 62.8 Å². The Balaban J connectivity index is 1.78. The first-order valence-corrected chi connectivity index (χ1v) is 7.90. The number of fused-ring (bicyclic) bond motifs is 1. The molecule has 21 heavy (non-hydrogen) atoms. The van der Waals surface area contributed by atoms with E-state index >= 15 is 0 Å². The molecule has 0 saturated carbocycles. The van der Waals surface area contributed by atoms with Gasteiger partial charge in [0.25, 0.3) is 0 Å². The molecule has 1 heterocycles. The molecule has 0 bridgehead atoms. The minimum Gasteiger partial charge on any atom is -0.380 e. The molecule has 110 valence electrons. The lowest BCUT2D eigenvalue weighted by molar-refractivity contribution is 0.0513. The summed E-state index contributed by atoms with van der Waals surface area (Å²) in [6.07, 6.45) is 0.913. The molecule has 0 radical (unpaired) electrons. The zero-order valence-electron chi connectivity index (χ0n) is 11.2. The minimum absolute atomic E-state index is 0.0250. The predicted octanol–water partition coefficient (Wildman–Crippen LogP) is 4.97. The predicted molar refractivity (Wildman–Crippen MR) is 86.4 cm³/mol. The highest BCUT2D eigenvalue weighted by atomic mass is 79.9. The van der Waals surface area contributed by atoms with Crippen LogP contribution in [0.15, 0.2) is 40.9 Å². The number of hydrogen-bond acceptors (Lipinski definition) is 2. The number of nitrogens with one attached hydrogen (secondary N) is 1. The first-order valence-electron chi connectivity index (χ1n) is 6.73. The summed E-state index contributed by atoms with van der Waals surface area (Å²) in [6, 6.07) is 11.0. The van der Waals surface area contributed by atoms with Crippen LogP contribution >= 0.6 is 27.5 Å². The molecule has 2 aromatic carbocycles. The summed E-state index contributed by atoms with van der Waals surface area (Å²) < 4.78 is 19.7. The lowest BCUT2D eigenvalue weighted by atomic mass is 9.97. The summed E-state index contributed by atoms with van der Waals surface area (Å²) in [4.78, 5) is 0. The largest absolute Gasteiger partial charge is 0.380 e. The molecule has 1 N–H and O–H groups in total. The van der Waals surface area contributed by atoms with Crippen molar-refractivity contribution in [1.82, 2.24) is 0 Å². The van der Waals surface area contributed by atoms with Gasteiger partial charge in [0.15, 0.2) is 0 Å². The van der Waals surface area contributed by atoms with Gasteiger partial charge in [-0.25, -0.2) is 4.39 Å². The van der Waals surface area contributed by atoms with Crippen molar-refractivity contribution in [2.24, 2.45) is 0 Å². The summed E-state index contributed by atoms with van der Waals surface area (Å²) in [6.45, 7) is 1.29. The van der Waals surface area contributed by atoms with Crippen molar-refractivity contribution in [3.8, 4) is 0 Å². The molecule has 2 nitrogen and oxygen atoms in total. The lowest BCUT2D eigenvalue weighted by Gasteiger charge is -2.27. The highest BCUT2D eigenvalue weighted by Gasteiger charge is 2.20. The van der Waals surface area contributed by atoms with E-state index in [4.69, 9.17) is 16.3 Å². The van der Waals surface area contributed by atoms with E-state index in [0.717, 1.165) is 6.42 Å². The van der Waals surface area contributed by atoms with Crippen molar-refractivity contribution >= 4 is 33.2 Å². The Labute approximate surface area is 136 Å². The van der Waals surface area contributed by atoms with E-state index in [0.29, 0.717) is 28.3 Å². The van der Waals surface area contributed by atoms with Crippen molar-refractivity contribution in [2.75, 3.05) is 18.5 Å². The van der Waals surface area contributed by atoms with E-state index in [-0.39, 0.29) is 11.9 Å². The molecule has 0 amide bonds. The summed E-state index contributed by atoms with van der Waals surface area (Å²) in [5.41, 5.74) is 3.20. The molecule has 3 rings (SSSR count). The molecule has 0 fully saturated rings. The zero-order chi connectivity index (χ0) is 14.8. The quantitative estimate of drug-likeness (QED) is 0.824. The van der Waals surface area contributed by atoms with Gasteiger partial charge >= 0.3 is 0 Å². The molecule has 0 spiro atoms. The van der Waals surface area contributed by atoms with E-state index in [1.54, 1.807) is 0 Å². The first kappa shape index (κ1) is 14.8. The second kappa shape index (κ2) is 6.34. The van der Waals surface area contributed by atoms with Gasteiger partial charge in [-0.05, 0) is 45.6 Å².